The Balaban J connectivity index is 1.50. The number of hydrogen-bond donors (Lipinski definition) is 2. The Kier molecular flexibility index (Phi) is 7.48. The Morgan fingerprint density at radius 2 is 1.71 bits per heavy atom. The third-order valence-corrected chi connectivity index (χ3v) is 13.1. The molecule has 7 rings (SSSR count). The van der Waals surface area contributed by atoms with Gasteiger partial charge < -0.3 is 38.6 Å². The summed E-state index contributed by atoms with van der Waals surface area (Å²) in [6.45, 7) is 5.08. The number of nitrogens with zero attached hydrogens (tertiary/aromatic N) is 1. The quantitative estimate of drug-likeness (QED) is 0.387. The number of carbonyl (C=O) groups is 2. The van der Waals surface area contributed by atoms with Crippen LogP contribution in [0.2, 0.25) is 0 Å². The number of hydrogen-bond acceptors (Lipinski definition) is 11. The van der Waals surface area contributed by atoms with Crippen LogP contribution in [0.25, 0.3) is 0 Å². The lowest BCUT2D eigenvalue weighted by atomic mass is 9.42. The SMILES string of the molecule is CCN1C[C@]2(COC)[C@H](O)C[C@H](OC)[C@@]34[C@@H]5C[C@]6(O)[C@@H](OC)C[C@](OC(C)=O)(C(C(OC)[C@H]23)[C@@H]14)[C@H]5[C@H]6OC(=O)c1ccccc1. The molecule has 0 radical (unpaired) electrons. The van der Waals surface area contributed by atoms with Crippen LogP contribution >= 0.6 is 0 Å². The van der Waals surface area contributed by atoms with Crippen LogP contribution in [0.4, 0.5) is 0 Å². The summed E-state index contributed by atoms with van der Waals surface area (Å²) in [4.78, 5) is 29.3. The average Bonchev–Trinajstić information content (AvgIpc) is 3.40. The van der Waals surface area contributed by atoms with E-state index in [2.05, 4.69) is 11.8 Å². The second kappa shape index (κ2) is 10.7. The number of aliphatic hydroxyl groups excluding tert-OH is 1. The first-order valence-corrected chi connectivity index (χ1v) is 16.2. The van der Waals surface area contributed by atoms with Gasteiger partial charge in [-0.1, -0.05) is 25.1 Å². The molecule has 1 aromatic carbocycles. The van der Waals surface area contributed by atoms with Gasteiger partial charge in [-0.05, 0) is 31.0 Å². The number of methoxy groups -OCH3 is 4. The number of fused-ring (bicyclic) bond motifs is 2. The van der Waals surface area contributed by atoms with Gasteiger partial charge >= 0.3 is 11.9 Å². The Bertz CT molecular complexity index is 1330. The third-order valence-electron chi connectivity index (χ3n) is 13.1. The summed E-state index contributed by atoms with van der Waals surface area (Å²) in [6.07, 6.45) is -2.55. The number of ether oxygens (including phenoxy) is 6. The molecular weight excluding hydrogens is 582 g/mol. The molecule has 5 saturated carbocycles. The number of likely N-dealkylation sites (tertiary alicyclic amines) is 1. The molecule has 1 saturated heterocycles. The van der Waals surface area contributed by atoms with Crippen molar-refractivity contribution in [3.63, 3.8) is 0 Å². The highest BCUT2D eigenvalue weighted by Crippen LogP contribution is 2.80. The molecule has 248 valence electrons. The Morgan fingerprint density at radius 3 is 2.31 bits per heavy atom. The summed E-state index contributed by atoms with van der Waals surface area (Å²) in [7, 11) is 6.58. The van der Waals surface area contributed by atoms with Gasteiger partial charge in [-0.25, -0.2) is 4.79 Å². The predicted octanol–water partition coefficient (Wildman–Crippen LogP) is 1.68. The van der Waals surface area contributed by atoms with E-state index in [0.717, 1.165) is 0 Å². The van der Waals surface area contributed by atoms with Crippen molar-refractivity contribution in [1.29, 1.82) is 0 Å². The lowest BCUT2D eigenvalue weighted by Crippen LogP contribution is -2.79. The minimum absolute atomic E-state index is 0.163. The first-order valence-electron chi connectivity index (χ1n) is 16.2. The van der Waals surface area contributed by atoms with E-state index in [1.54, 1.807) is 52.7 Å². The van der Waals surface area contributed by atoms with Gasteiger partial charge in [-0.15, -0.1) is 0 Å². The molecule has 2 unspecified atom stereocenters. The summed E-state index contributed by atoms with van der Waals surface area (Å²) in [5.41, 5.74) is -3.74. The summed E-state index contributed by atoms with van der Waals surface area (Å²) >= 11 is 0. The van der Waals surface area contributed by atoms with Crippen molar-refractivity contribution in [2.24, 2.45) is 34.5 Å². The van der Waals surface area contributed by atoms with E-state index in [9.17, 15) is 19.8 Å². The zero-order valence-corrected chi connectivity index (χ0v) is 27.0. The Morgan fingerprint density at radius 1 is 1.00 bits per heavy atom. The Labute approximate surface area is 264 Å². The van der Waals surface area contributed by atoms with E-state index in [-0.39, 0.29) is 30.7 Å². The lowest BCUT2D eigenvalue weighted by molar-refractivity contribution is -0.300. The summed E-state index contributed by atoms with van der Waals surface area (Å²) in [5, 5.41) is 24.8. The van der Waals surface area contributed by atoms with Crippen LogP contribution < -0.4 is 0 Å². The van der Waals surface area contributed by atoms with Gasteiger partial charge in [0.25, 0.3) is 0 Å². The van der Waals surface area contributed by atoms with Gasteiger partial charge in [0.05, 0.1) is 36.6 Å². The highest BCUT2D eigenvalue weighted by molar-refractivity contribution is 5.89. The molecule has 11 nitrogen and oxygen atoms in total. The van der Waals surface area contributed by atoms with E-state index in [0.29, 0.717) is 31.7 Å². The molecule has 2 N–H and O–H groups in total. The molecule has 1 aromatic rings. The van der Waals surface area contributed by atoms with Crippen LogP contribution in [0.15, 0.2) is 30.3 Å². The molecule has 11 heteroatoms. The smallest absolute Gasteiger partial charge is 0.338 e. The van der Waals surface area contributed by atoms with Gasteiger partial charge in [-0.3, -0.25) is 9.69 Å². The molecule has 7 bridgehead atoms. The maximum Gasteiger partial charge on any atom is 0.338 e. The fourth-order valence-electron chi connectivity index (χ4n) is 12.2. The molecule has 14 atom stereocenters. The normalized spacial score (nSPS) is 49.1. The molecule has 1 aliphatic heterocycles. The monoisotopic (exact) mass is 629 g/mol. The number of benzene rings is 1. The highest BCUT2D eigenvalue weighted by atomic mass is 16.6. The largest absolute Gasteiger partial charge is 0.458 e. The van der Waals surface area contributed by atoms with Gasteiger partial charge in [0.2, 0.25) is 0 Å². The molecule has 6 aliphatic rings. The van der Waals surface area contributed by atoms with Crippen LogP contribution in [-0.2, 0) is 33.2 Å². The fourth-order valence-corrected chi connectivity index (χ4v) is 12.2. The van der Waals surface area contributed by atoms with Gasteiger partial charge in [0.15, 0.2) is 0 Å². The van der Waals surface area contributed by atoms with Crippen molar-refractivity contribution < 1.29 is 48.2 Å². The minimum Gasteiger partial charge on any atom is -0.458 e. The molecule has 0 amide bonds. The second-order valence-corrected chi connectivity index (χ2v) is 14.4. The molecule has 0 aromatic heterocycles. The second-order valence-electron chi connectivity index (χ2n) is 14.4. The van der Waals surface area contributed by atoms with E-state index < -0.39 is 76.3 Å². The van der Waals surface area contributed by atoms with Gasteiger partial charge in [0, 0.05) is 89.4 Å². The maximum atomic E-state index is 13.7. The van der Waals surface area contributed by atoms with Crippen LogP contribution in [0.5, 0.6) is 0 Å². The van der Waals surface area contributed by atoms with Crippen molar-refractivity contribution in [3.05, 3.63) is 35.9 Å². The average molecular weight is 630 g/mol. The zero-order valence-electron chi connectivity index (χ0n) is 27.0. The fraction of sp³-hybridized carbons (Fsp3) is 0.765. The first kappa shape index (κ1) is 31.5. The molecule has 1 spiro atoms. The van der Waals surface area contributed by atoms with Gasteiger partial charge in [0.1, 0.15) is 17.3 Å². The lowest BCUT2D eigenvalue weighted by Gasteiger charge is -2.70. The van der Waals surface area contributed by atoms with Crippen molar-refractivity contribution in [3.8, 4) is 0 Å². The van der Waals surface area contributed by atoms with E-state index >= 15 is 0 Å². The number of rotatable bonds is 9. The van der Waals surface area contributed by atoms with E-state index in [1.165, 1.54) is 6.92 Å². The third kappa shape index (κ3) is 3.72. The molecule has 6 fully saturated rings. The van der Waals surface area contributed by atoms with Crippen LogP contribution in [-0.4, -0.2) is 123 Å². The molecular formula is C34H47NO10. The standard InChI is InChI=1S/C34H47NO10/c1-7-35-16-31(17-40-3)21(37)13-22(41-4)34-20-14-32(39)23(42-5)15-33(45-18(2)36,25(28(34)35)26(43-6)27(31)34)24(20)29(32)44-30(38)19-11-9-8-10-12-19/h8-12,20-29,37,39H,7,13-17H2,1-6H3/t20-,21-,22+,23+,24-,25?,26?,27-,28-,29-,31+,32+,33-,34+/m1/s1. The molecule has 45 heavy (non-hydrogen) atoms. The van der Waals surface area contributed by atoms with Crippen LogP contribution in [0.3, 0.4) is 0 Å². The maximum absolute atomic E-state index is 13.7. The predicted molar refractivity (Wildman–Crippen MR) is 159 cm³/mol. The minimum atomic E-state index is -1.55. The first-order chi connectivity index (χ1) is 21.5. The topological polar surface area (TPSA) is 133 Å². The summed E-state index contributed by atoms with van der Waals surface area (Å²) < 4.78 is 37.9. The number of esters is 2. The van der Waals surface area contributed by atoms with Crippen LogP contribution in [0.1, 0.15) is 43.5 Å². The van der Waals surface area contributed by atoms with Crippen molar-refractivity contribution >= 4 is 11.9 Å². The highest BCUT2D eigenvalue weighted by Gasteiger charge is 2.90. The van der Waals surface area contributed by atoms with E-state index in [4.69, 9.17) is 28.4 Å². The number of piperidine rings is 1. The van der Waals surface area contributed by atoms with Gasteiger partial charge in [-0.2, -0.15) is 0 Å². The summed E-state index contributed by atoms with van der Waals surface area (Å²) in [6, 6.07) is 8.56. The summed E-state index contributed by atoms with van der Waals surface area (Å²) in [5.74, 6) is -2.55. The van der Waals surface area contributed by atoms with Crippen molar-refractivity contribution in [2.75, 3.05) is 48.1 Å². The Hall–Kier alpha value is -2.12. The van der Waals surface area contributed by atoms with Crippen LogP contribution in [0, 0.1) is 34.5 Å². The molecule has 5 aliphatic carbocycles. The zero-order chi connectivity index (χ0) is 32.1. The number of carbonyl (C=O) groups excluding carboxylic acids is 2. The van der Waals surface area contributed by atoms with E-state index in [1.807, 2.05) is 6.07 Å². The number of aliphatic hydroxyl groups is 2. The molecule has 1 heterocycles. The van der Waals surface area contributed by atoms with Crippen molar-refractivity contribution in [2.45, 2.75) is 80.9 Å². The van der Waals surface area contributed by atoms with Crippen molar-refractivity contribution in [1.82, 2.24) is 4.90 Å².